The van der Waals surface area contributed by atoms with Crippen LogP contribution in [0.4, 0.5) is 0 Å². The van der Waals surface area contributed by atoms with Crippen molar-refractivity contribution in [3.63, 3.8) is 0 Å². The Bertz CT molecular complexity index is 282. The largest absolute Gasteiger partial charge is 0.391 e. The second-order valence-electron chi connectivity index (χ2n) is 7.62. The van der Waals surface area contributed by atoms with Crippen molar-refractivity contribution in [3.05, 3.63) is 0 Å². The van der Waals surface area contributed by atoms with Gasteiger partial charge < -0.3 is 10.0 Å². The van der Waals surface area contributed by atoms with Crippen LogP contribution in [0.1, 0.15) is 47.0 Å². The van der Waals surface area contributed by atoms with E-state index in [4.69, 9.17) is 0 Å². The summed E-state index contributed by atoms with van der Waals surface area (Å²) in [6.07, 6.45) is 3.45. The lowest BCUT2D eigenvalue weighted by Gasteiger charge is -2.48. The zero-order chi connectivity index (χ0) is 14.0. The van der Waals surface area contributed by atoms with Gasteiger partial charge in [0.05, 0.1) is 6.10 Å². The van der Waals surface area contributed by atoms with Gasteiger partial charge in [0.15, 0.2) is 0 Å². The lowest BCUT2D eigenvalue weighted by molar-refractivity contribution is -0.0680. The Morgan fingerprint density at radius 2 is 1.79 bits per heavy atom. The fourth-order valence-electron chi connectivity index (χ4n) is 3.77. The van der Waals surface area contributed by atoms with E-state index in [-0.39, 0.29) is 11.5 Å². The number of aliphatic hydroxyl groups is 1. The maximum absolute atomic E-state index is 10.6. The van der Waals surface area contributed by atoms with Crippen molar-refractivity contribution in [2.45, 2.75) is 59.1 Å². The molecule has 19 heavy (non-hydrogen) atoms. The van der Waals surface area contributed by atoms with Crippen molar-refractivity contribution in [2.24, 2.45) is 11.3 Å². The molecule has 1 aliphatic carbocycles. The Morgan fingerprint density at radius 3 is 2.37 bits per heavy atom. The molecule has 0 radical (unpaired) electrons. The highest BCUT2D eigenvalue weighted by molar-refractivity contribution is 4.94. The molecule has 2 unspecified atom stereocenters. The van der Waals surface area contributed by atoms with Gasteiger partial charge in [-0.15, -0.1) is 0 Å². The maximum atomic E-state index is 10.6. The second kappa shape index (κ2) is 6.11. The molecule has 2 aliphatic rings. The summed E-state index contributed by atoms with van der Waals surface area (Å²) in [5, 5.41) is 10.6. The first kappa shape index (κ1) is 15.3. The molecule has 0 spiro atoms. The number of nitrogens with zero attached hydrogens (tertiary/aromatic N) is 2. The summed E-state index contributed by atoms with van der Waals surface area (Å²) < 4.78 is 0. The summed E-state index contributed by atoms with van der Waals surface area (Å²) in [6.45, 7) is 14.8. The van der Waals surface area contributed by atoms with Crippen molar-refractivity contribution >= 4 is 0 Å². The molecule has 1 N–H and O–H groups in total. The molecular formula is C16H32N2O. The van der Waals surface area contributed by atoms with Crippen LogP contribution < -0.4 is 0 Å². The van der Waals surface area contributed by atoms with Gasteiger partial charge in [-0.05, 0) is 24.2 Å². The van der Waals surface area contributed by atoms with Crippen LogP contribution in [0.3, 0.4) is 0 Å². The van der Waals surface area contributed by atoms with Crippen LogP contribution in [0.5, 0.6) is 0 Å². The zero-order valence-corrected chi connectivity index (χ0v) is 13.2. The molecule has 0 bridgehead atoms. The average molecular weight is 268 g/mol. The van der Waals surface area contributed by atoms with E-state index >= 15 is 0 Å². The number of aliphatic hydroxyl groups excluding tert-OH is 1. The van der Waals surface area contributed by atoms with E-state index in [9.17, 15) is 5.11 Å². The predicted octanol–water partition coefficient (Wildman–Crippen LogP) is 2.20. The fourth-order valence-corrected chi connectivity index (χ4v) is 3.77. The molecule has 0 amide bonds. The fraction of sp³-hybridized carbons (Fsp3) is 1.00. The third kappa shape index (κ3) is 3.71. The minimum absolute atomic E-state index is 0.0952. The van der Waals surface area contributed by atoms with Gasteiger partial charge >= 0.3 is 0 Å². The van der Waals surface area contributed by atoms with E-state index in [0.29, 0.717) is 6.04 Å². The summed E-state index contributed by atoms with van der Waals surface area (Å²) in [7, 11) is 0. The molecule has 0 aromatic rings. The van der Waals surface area contributed by atoms with Gasteiger partial charge in [-0.2, -0.15) is 0 Å². The molecule has 2 fully saturated rings. The highest BCUT2D eigenvalue weighted by Gasteiger charge is 2.40. The molecular weight excluding hydrogens is 236 g/mol. The summed E-state index contributed by atoms with van der Waals surface area (Å²) in [6, 6.07) is 0.393. The Labute approximate surface area is 119 Å². The molecule has 1 aliphatic heterocycles. The number of piperazine rings is 1. The van der Waals surface area contributed by atoms with Gasteiger partial charge in [-0.1, -0.05) is 34.1 Å². The van der Waals surface area contributed by atoms with Gasteiger partial charge in [0.2, 0.25) is 0 Å². The SMILES string of the molecule is CC(C)CN1CCN(C2CCCC(C)(C)C2O)CC1. The summed E-state index contributed by atoms with van der Waals surface area (Å²) in [5.41, 5.74) is 0.0952. The van der Waals surface area contributed by atoms with Crippen LogP contribution in [-0.2, 0) is 0 Å². The summed E-state index contributed by atoms with van der Waals surface area (Å²) >= 11 is 0. The van der Waals surface area contributed by atoms with Gasteiger partial charge in [0.25, 0.3) is 0 Å². The lowest BCUT2D eigenvalue weighted by atomic mass is 9.72. The highest BCUT2D eigenvalue weighted by atomic mass is 16.3. The Hall–Kier alpha value is -0.120. The predicted molar refractivity (Wildman–Crippen MR) is 80.3 cm³/mol. The van der Waals surface area contributed by atoms with Crippen LogP contribution in [0, 0.1) is 11.3 Å². The van der Waals surface area contributed by atoms with Crippen molar-refractivity contribution < 1.29 is 5.11 Å². The molecule has 0 aromatic carbocycles. The molecule has 1 saturated heterocycles. The number of rotatable bonds is 3. The summed E-state index contributed by atoms with van der Waals surface area (Å²) in [4.78, 5) is 5.12. The van der Waals surface area contributed by atoms with Crippen LogP contribution in [-0.4, -0.2) is 59.8 Å². The van der Waals surface area contributed by atoms with Crippen molar-refractivity contribution in [1.82, 2.24) is 9.80 Å². The summed E-state index contributed by atoms with van der Waals surface area (Å²) in [5.74, 6) is 0.755. The quantitative estimate of drug-likeness (QED) is 0.850. The Morgan fingerprint density at radius 1 is 1.16 bits per heavy atom. The highest BCUT2D eigenvalue weighted by Crippen LogP contribution is 2.37. The number of hydrogen-bond acceptors (Lipinski definition) is 3. The first-order valence-electron chi connectivity index (χ1n) is 8.04. The lowest BCUT2D eigenvalue weighted by Crippen LogP contribution is -2.58. The first-order chi connectivity index (χ1) is 8.90. The van der Waals surface area contributed by atoms with Crippen molar-refractivity contribution in [1.29, 1.82) is 0 Å². The minimum Gasteiger partial charge on any atom is -0.391 e. The van der Waals surface area contributed by atoms with E-state index < -0.39 is 0 Å². The molecule has 3 nitrogen and oxygen atoms in total. The van der Waals surface area contributed by atoms with E-state index in [1.807, 2.05) is 0 Å². The van der Waals surface area contributed by atoms with E-state index in [2.05, 4.69) is 37.5 Å². The smallest absolute Gasteiger partial charge is 0.0746 e. The van der Waals surface area contributed by atoms with Crippen LogP contribution in [0.2, 0.25) is 0 Å². The normalized spacial score (nSPS) is 33.8. The molecule has 1 saturated carbocycles. The van der Waals surface area contributed by atoms with E-state index in [1.54, 1.807) is 0 Å². The van der Waals surface area contributed by atoms with Gasteiger partial charge in [0, 0.05) is 38.8 Å². The van der Waals surface area contributed by atoms with Crippen LogP contribution >= 0.6 is 0 Å². The second-order valence-corrected chi connectivity index (χ2v) is 7.62. The molecule has 0 aromatic heterocycles. The van der Waals surface area contributed by atoms with E-state index in [0.717, 1.165) is 25.4 Å². The van der Waals surface area contributed by atoms with Crippen LogP contribution in [0.15, 0.2) is 0 Å². The zero-order valence-electron chi connectivity index (χ0n) is 13.2. The maximum Gasteiger partial charge on any atom is 0.0746 e. The molecule has 1 heterocycles. The third-order valence-electron chi connectivity index (χ3n) is 4.99. The van der Waals surface area contributed by atoms with Gasteiger partial charge in [-0.25, -0.2) is 0 Å². The standard InChI is InChI=1S/C16H32N2O/c1-13(2)12-17-8-10-18(11-9-17)14-6-5-7-16(3,4)15(14)19/h13-15,19H,5-12H2,1-4H3. The average Bonchev–Trinajstić information content (AvgIpc) is 2.33. The molecule has 2 rings (SSSR count). The van der Waals surface area contributed by atoms with Gasteiger partial charge in [-0.3, -0.25) is 4.90 Å². The molecule has 3 heteroatoms. The Balaban J connectivity index is 1.87. The van der Waals surface area contributed by atoms with E-state index in [1.165, 1.54) is 32.5 Å². The van der Waals surface area contributed by atoms with Crippen molar-refractivity contribution in [3.8, 4) is 0 Å². The van der Waals surface area contributed by atoms with Crippen LogP contribution in [0.25, 0.3) is 0 Å². The first-order valence-corrected chi connectivity index (χ1v) is 8.04. The monoisotopic (exact) mass is 268 g/mol. The minimum atomic E-state index is -0.155. The van der Waals surface area contributed by atoms with Gasteiger partial charge in [0.1, 0.15) is 0 Å². The van der Waals surface area contributed by atoms with Crippen molar-refractivity contribution in [2.75, 3.05) is 32.7 Å². The number of hydrogen-bond donors (Lipinski definition) is 1. The molecule has 2 atom stereocenters. The topological polar surface area (TPSA) is 26.7 Å². The Kier molecular flexibility index (Phi) is 4.91. The molecule has 112 valence electrons. The third-order valence-corrected chi connectivity index (χ3v) is 4.99.